The minimum Gasteiger partial charge on any atom is -0.467 e. The number of esters is 2. The highest BCUT2D eigenvalue weighted by molar-refractivity contribution is 6.22. The van der Waals surface area contributed by atoms with Gasteiger partial charge in [0.1, 0.15) is 47.6 Å². The summed E-state index contributed by atoms with van der Waals surface area (Å²) < 4.78 is 24.7. The number of nitrogens with zero attached hydrogens (tertiary/aromatic N) is 4. The average molecular weight is 904 g/mol. The molecule has 66 heavy (non-hydrogen) atoms. The number of carbonyl (C=O) groups excluding carboxylic acids is 7. The zero-order valence-electron chi connectivity index (χ0n) is 38.8. The quantitative estimate of drug-likeness (QED) is 0.0662. The molecule has 0 aliphatic carbocycles. The number of aromatic nitrogens is 1. The summed E-state index contributed by atoms with van der Waals surface area (Å²) >= 11 is 0. The van der Waals surface area contributed by atoms with Gasteiger partial charge in [-0.05, 0) is 77.3 Å². The lowest BCUT2D eigenvalue weighted by Gasteiger charge is -2.39. The summed E-state index contributed by atoms with van der Waals surface area (Å²) in [6.07, 6.45) is 0.258. The van der Waals surface area contributed by atoms with Crippen molar-refractivity contribution in [3.8, 4) is 0 Å². The van der Waals surface area contributed by atoms with Gasteiger partial charge in [0.2, 0.25) is 5.91 Å². The Morgan fingerprint density at radius 3 is 2.05 bits per heavy atom. The van der Waals surface area contributed by atoms with Gasteiger partial charge in [0.05, 0.1) is 23.9 Å². The van der Waals surface area contributed by atoms with Crippen LogP contribution in [0.15, 0.2) is 91.6 Å². The van der Waals surface area contributed by atoms with Crippen LogP contribution in [-0.2, 0) is 45.3 Å². The maximum absolute atomic E-state index is 15.1. The van der Waals surface area contributed by atoms with Gasteiger partial charge in [0, 0.05) is 35.5 Å². The molecule has 7 rings (SSSR count). The van der Waals surface area contributed by atoms with Gasteiger partial charge in [0.25, 0.3) is 11.8 Å². The van der Waals surface area contributed by atoms with E-state index in [1.54, 1.807) is 97.1 Å². The van der Waals surface area contributed by atoms with E-state index in [9.17, 15) is 28.8 Å². The molecule has 5 amide bonds. The third-order valence-corrected chi connectivity index (χ3v) is 12.3. The van der Waals surface area contributed by atoms with E-state index in [-0.39, 0.29) is 30.6 Å². The van der Waals surface area contributed by atoms with E-state index in [4.69, 9.17) is 18.9 Å². The molecule has 6 atom stereocenters. The average Bonchev–Trinajstić information content (AvgIpc) is 3.97. The number of rotatable bonds is 12. The van der Waals surface area contributed by atoms with E-state index in [2.05, 4.69) is 11.9 Å². The van der Waals surface area contributed by atoms with Crippen molar-refractivity contribution in [1.82, 2.24) is 19.7 Å². The number of fused-ring (bicyclic) bond motifs is 5. The first-order chi connectivity index (χ1) is 31.2. The van der Waals surface area contributed by atoms with E-state index in [1.165, 1.54) is 35.1 Å². The molecule has 348 valence electrons. The minimum absolute atomic E-state index is 0.0885. The van der Waals surface area contributed by atoms with Gasteiger partial charge in [-0.2, -0.15) is 0 Å². The van der Waals surface area contributed by atoms with Crippen molar-refractivity contribution in [1.29, 1.82) is 0 Å². The Balaban J connectivity index is 1.46. The topological polar surface area (TPSA) is 183 Å². The van der Waals surface area contributed by atoms with Gasteiger partial charge in [0.15, 0.2) is 0 Å². The number of hydrogen-bond acceptors (Lipinski definition) is 11. The number of para-hydroxylation sites is 2. The first-order valence-corrected chi connectivity index (χ1v) is 22.0. The Morgan fingerprint density at radius 1 is 0.848 bits per heavy atom. The number of carbonyl (C=O) groups is 7. The summed E-state index contributed by atoms with van der Waals surface area (Å²) in [6, 6.07) is 16.8. The highest BCUT2D eigenvalue weighted by atomic mass is 16.6. The Kier molecular flexibility index (Phi) is 12.7. The lowest BCUT2D eigenvalue weighted by atomic mass is 9.86. The van der Waals surface area contributed by atoms with E-state index in [0.29, 0.717) is 34.1 Å². The van der Waals surface area contributed by atoms with Crippen LogP contribution in [0.5, 0.6) is 0 Å². The van der Waals surface area contributed by atoms with Crippen LogP contribution >= 0.6 is 0 Å². The number of benzene rings is 3. The molecule has 3 aromatic carbocycles. The summed E-state index contributed by atoms with van der Waals surface area (Å²) in [5, 5.41) is 3.52. The number of hydrogen-bond donors (Lipinski definition) is 1. The summed E-state index contributed by atoms with van der Waals surface area (Å²) in [6.45, 7) is 17.4. The van der Waals surface area contributed by atoms with Crippen molar-refractivity contribution in [2.75, 3.05) is 18.6 Å². The lowest BCUT2D eigenvalue weighted by molar-refractivity contribution is -0.148. The molecule has 1 aromatic heterocycles. The van der Waals surface area contributed by atoms with Gasteiger partial charge in [-0.25, -0.2) is 19.2 Å². The monoisotopic (exact) mass is 903 g/mol. The molecule has 4 heterocycles. The van der Waals surface area contributed by atoms with E-state index < -0.39 is 88.8 Å². The van der Waals surface area contributed by atoms with E-state index in [0.717, 1.165) is 4.90 Å². The smallest absolute Gasteiger partial charge is 0.416 e. The Morgan fingerprint density at radius 2 is 1.44 bits per heavy atom. The van der Waals surface area contributed by atoms with Gasteiger partial charge in [-0.3, -0.25) is 29.1 Å². The molecule has 16 nitrogen and oxygen atoms in total. The van der Waals surface area contributed by atoms with E-state index >= 15 is 4.79 Å². The standard InChI is InChI=1S/C50H57N5O11/c1-11-25-64-44(60)39(29(3)12-2)51-40(56)38-27-50(34-22-16-18-24-36(34)54(46(61)65-48(4,5)6)45(50)55(38)47(62)66-49(7,8)9)52-28-30(31-19-15-17-23-35(31)52)26-37(43(59)63-10)53-41(57)32-20-13-14-21-33(32)42(53)58/h11,13-24,28-29,37-39,45H,1,12,25-27H2,2-10H3,(H,51,56)/t29-,37-,38+,39-,45-,50+/m0/s1. The van der Waals surface area contributed by atoms with Crippen LogP contribution in [0.25, 0.3) is 10.9 Å². The predicted octanol–water partition coefficient (Wildman–Crippen LogP) is 7.12. The van der Waals surface area contributed by atoms with Crippen LogP contribution in [0.3, 0.4) is 0 Å². The molecule has 0 spiro atoms. The van der Waals surface area contributed by atoms with Crippen LogP contribution in [0.4, 0.5) is 15.3 Å². The third-order valence-electron chi connectivity index (χ3n) is 12.3. The molecule has 16 heteroatoms. The molecule has 1 N–H and O–H groups in total. The highest BCUT2D eigenvalue weighted by Gasteiger charge is 2.67. The van der Waals surface area contributed by atoms with Crippen LogP contribution in [-0.4, -0.2) is 105 Å². The molecule has 3 aliphatic rings. The molecule has 1 saturated heterocycles. The van der Waals surface area contributed by atoms with Crippen molar-refractivity contribution in [2.45, 2.75) is 116 Å². The number of nitrogens with one attached hydrogen (secondary N) is 1. The fraction of sp³-hybridized carbons (Fsp3) is 0.420. The van der Waals surface area contributed by atoms with Crippen molar-refractivity contribution < 1.29 is 52.5 Å². The van der Waals surface area contributed by atoms with Gasteiger partial charge in [-0.15, -0.1) is 0 Å². The number of amides is 5. The van der Waals surface area contributed by atoms with Crippen LogP contribution in [0.1, 0.15) is 100 Å². The number of imide groups is 1. The van der Waals surface area contributed by atoms with Gasteiger partial charge >= 0.3 is 24.1 Å². The third kappa shape index (κ3) is 8.28. The summed E-state index contributed by atoms with van der Waals surface area (Å²) in [5.74, 6) is -3.90. The van der Waals surface area contributed by atoms with Crippen LogP contribution in [0.2, 0.25) is 0 Å². The van der Waals surface area contributed by atoms with Gasteiger partial charge < -0.3 is 28.8 Å². The van der Waals surface area contributed by atoms with Crippen molar-refractivity contribution in [3.63, 3.8) is 0 Å². The second-order valence-electron chi connectivity index (χ2n) is 18.9. The fourth-order valence-electron chi connectivity index (χ4n) is 9.30. The Hall–Kier alpha value is -6.97. The molecular formula is C50H57N5O11. The molecule has 3 aliphatic heterocycles. The zero-order valence-corrected chi connectivity index (χ0v) is 38.8. The predicted molar refractivity (Wildman–Crippen MR) is 243 cm³/mol. The fourth-order valence-corrected chi connectivity index (χ4v) is 9.30. The molecule has 4 aromatic rings. The Bertz CT molecular complexity index is 2590. The second-order valence-corrected chi connectivity index (χ2v) is 18.9. The number of anilines is 1. The maximum Gasteiger partial charge on any atom is 0.416 e. The largest absolute Gasteiger partial charge is 0.467 e. The van der Waals surface area contributed by atoms with Crippen LogP contribution < -0.4 is 10.2 Å². The minimum atomic E-state index is -1.50. The Labute approximate surface area is 383 Å². The summed E-state index contributed by atoms with van der Waals surface area (Å²) in [4.78, 5) is 104. The van der Waals surface area contributed by atoms with Crippen molar-refractivity contribution >= 4 is 58.4 Å². The lowest BCUT2D eigenvalue weighted by Crippen LogP contribution is -2.60. The van der Waals surface area contributed by atoms with Crippen molar-refractivity contribution in [2.24, 2.45) is 5.92 Å². The highest BCUT2D eigenvalue weighted by Crippen LogP contribution is 2.57. The van der Waals surface area contributed by atoms with Crippen molar-refractivity contribution in [3.05, 3.63) is 114 Å². The molecule has 0 saturated carbocycles. The number of likely N-dealkylation sites (tertiary alicyclic amines) is 1. The first-order valence-electron chi connectivity index (χ1n) is 22.0. The number of ether oxygens (including phenoxy) is 4. The molecule has 0 unspecified atom stereocenters. The summed E-state index contributed by atoms with van der Waals surface area (Å²) in [7, 11) is 1.18. The molecule has 0 radical (unpaired) electrons. The van der Waals surface area contributed by atoms with Gasteiger partial charge in [-0.1, -0.05) is 81.5 Å². The van der Waals surface area contributed by atoms with Crippen LogP contribution in [0, 0.1) is 5.92 Å². The SMILES string of the molecule is C=CCOC(=O)[C@@H](NC(=O)[C@H]1C[C@@]2(n3cc(C[C@@H](C(=O)OC)N4C(=O)c5ccccc5C4=O)c4ccccc43)c3ccccc3N(C(=O)OC(C)(C)C)[C@H]2N1C(=O)OC(C)(C)C)[C@@H](C)CC. The molecule has 0 bridgehead atoms. The molecular weight excluding hydrogens is 847 g/mol. The maximum atomic E-state index is 15.1. The first kappa shape index (κ1) is 47.0. The number of methoxy groups -OCH3 is 1. The normalized spacial score (nSPS) is 20.2. The zero-order chi connectivity index (χ0) is 48.0. The second kappa shape index (κ2) is 17.8. The van der Waals surface area contributed by atoms with E-state index in [1.807, 2.05) is 29.7 Å². The molecule has 1 fully saturated rings. The summed E-state index contributed by atoms with van der Waals surface area (Å²) in [5.41, 5.74) is -1.23.